The number of nitrogens with zero attached hydrogens (tertiary/aromatic N) is 1. The minimum atomic E-state index is -3.10. The van der Waals surface area contributed by atoms with Crippen molar-refractivity contribution < 1.29 is 24.0 Å². The Bertz CT molecular complexity index is 208. The van der Waals surface area contributed by atoms with Crippen molar-refractivity contribution in [3.63, 3.8) is 0 Å². The van der Waals surface area contributed by atoms with E-state index in [1.165, 1.54) is 0 Å². The number of rotatable bonds is 2. The van der Waals surface area contributed by atoms with Crippen molar-refractivity contribution in [2.75, 3.05) is 6.54 Å². The second-order valence-corrected chi connectivity index (χ2v) is 3.24. The van der Waals surface area contributed by atoms with Gasteiger partial charge in [-0.05, 0) is 12.8 Å². The van der Waals surface area contributed by atoms with Crippen molar-refractivity contribution in [3.05, 3.63) is 0 Å². The Morgan fingerprint density at radius 1 is 1.67 bits per heavy atom. The quantitative estimate of drug-likeness (QED) is 0.469. The van der Waals surface area contributed by atoms with Gasteiger partial charge in [-0.1, -0.05) is 0 Å². The lowest BCUT2D eigenvalue weighted by Crippen LogP contribution is -2.42. The molecule has 0 aromatic carbocycles. The van der Waals surface area contributed by atoms with Gasteiger partial charge in [0.25, 0.3) is 5.91 Å². The second-order valence-electron chi connectivity index (χ2n) is 2.48. The highest BCUT2D eigenvalue weighted by molar-refractivity contribution is 7.32. The largest absolute Gasteiger partial charge is 0.326 e. The molecule has 70 valence electrons. The molecule has 1 rings (SSSR count). The Morgan fingerprint density at radius 3 is 2.92 bits per heavy atom. The molecule has 1 aliphatic heterocycles. The van der Waals surface area contributed by atoms with Crippen LogP contribution in [0.2, 0.25) is 0 Å². The van der Waals surface area contributed by atoms with Gasteiger partial charge in [0.05, 0.1) is 0 Å². The van der Waals surface area contributed by atoms with Crippen LogP contribution in [-0.2, 0) is 13.9 Å². The van der Waals surface area contributed by atoms with Crippen LogP contribution in [0.15, 0.2) is 0 Å². The van der Waals surface area contributed by atoms with Crippen molar-refractivity contribution in [2.24, 2.45) is 0 Å². The van der Waals surface area contributed by atoms with E-state index in [9.17, 15) is 9.36 Å². The fraction of sp³-hybridized carbons (Fsp3) is 0.800. The zero-order valence-electron chi connectivity index (χ0n) is 6.27. The average Bonchev–Trinajstić information content (AvgIpc) is 1.98. The summed E-state index contributed by atoms with van der Waals surface area (Å²) in [6, 6.07) is 0. The van der Waals surface area contributed by atoms with Crippen LogP contribution in [-0.4, -0.2) is 33.7 Å². The third kappa shape index (κ3) is 2.28. The zero-order valence-corrected chi connectivity index (χ0v) is 7.27. The smallest absolute Gasteiger partial charge is 0.317 e. The first-order valence-corrected chi connectivity index (χ1v) is 4.77. The molecule has 1 amide bonds. The van der Waals surface area contributed by atoms with E-state index in [4.69, 9.17) is 10.1 Å². The maximum absolute atomic E-state index is 11.0. The van der Waals surface area contributed by atoms with Crippen molar-refractivity contribution >= 4 is 14.2 Å². The molecule has 0 aromatic rings. The molecule has 2 N–H and O–H groups in total. The minimum Gasteiger partial charge on any atom is -0.326 e. The third-order valence-electron chi connectivity index (χ3n) is 1.61. The molecule has 0 aliphatic carbocycles. The van der Waals surface area contributed by atoms with Crippen molar-refractivity contribution in [1.29, 1.82) is 0 Å². The van der Waals surface area contributed by atoms with Gasteiger partial charge in [0, 0.05) is 6.54 Å². The van der Waals surface area contributed by atoms with Gasteiger partial charge in [-0.2, -0.15) is 0 Å². The highest BCUT2D eigenvalue weighted by Gasteiger charge is 2.29. The standard InChI is InChI=1S/C5H10NO5P/c7-5-4(11-12(9)10)2-1-3-6(5)8/h4,8,12H,1-3H2,(H,9,10). The van der Waals surface area contributed by atoms with Crippen LogP contribution in [0.3, 0.4) is 0 Å². The van der Waals surface area contributed by atoms with Gasteiger partial charge in [0.2, 0.25) is 0 Å². The predicted molar refractivity (Wildman–Crippen MR) is 38.8 cm³/mol. The normalized spacial score (nSPS) is 27.3. The Labute approximate surface area is 69.6 Å². The summed E-state index contributed by atoms with van der Waals surface area (Å²) in [6.45, 7) is 0.255. The summed E-state index contributed by atoms with van der Waals surface area (Å²) in [5, 5.41) is 9.41. The molecule has 7 heteroatoms. The second kappa shape index (κ2) is 4.00. The van der Waals surface area contributed by atoms with E-state index in [0.717, 1.165) is 0 Å². The van der Waals surface area contributed by atoms with Gasteiger partial charge in [0.15, 0.2) is 0 Å². The number of hydrogen-bond acceptors (Lipinski definition) is 4. The molecule has 0 aromatic heterocycles. The van der Waals surface area contributed by atoms with Crippen LogP contribution in [0.5, 0.6) is 0 Å². The lowest BCUT2D eigenvalue weighted by molar-refractivity contribution is -0.179. The minimum absolute atomic E-state index is 0.255. The highest BCUT2D eigenvalue weighted by atomic mass is 31.1. The lowest BCUT2D eigenvalue weighted by atomic mass is 10.1. The van der Waals surface area contributed by atoms with Gasteiger partial charge >= 0.3 is 8.25 Å². The first kappa shape index (κ1) is 9.67. The zero-order chi connectivity index (χ0) is 9.14. The van der Waals surface area contributed by atoms with Crippen molar-refractivity contribution in [2.45, 2.75) is 18.9 Å². The van der Waals surface area contributed by atoms with E-state index < -0.39 is 20.3 Å². The van der Waals surface area contributed by atoms with Gasteiger partial charge in [-0.3, -0.25) is 19.1 Å². The van der Waals surface area contributed by atoms with Crippen LogP contribution in [0.4, 0.5) is 0 Å². The van der Waals surface area contributed by atoms with Crippen molar-refractivity contribution in [1.82, 2.24) is 5.06 Å². The summed E-state index contributed by atoms with van der Waals surface area (Å²) in [5.74, 6) is -0.645. The number of piperidine rings is 1. The van der Waals surface area contributed by atoms with Crippen molar-refractivity contribution in [3.8, 4) is 0 Å². The maximum atomic E-state index is 11.0. The molecule has 12 heavy (non-hydrogen) atoms. The van der Waals surface area contributed by atoms with Gasteiger partial charge in [0.1, 0.15) is 6.10 Å². The molecular formula is C5H10NO5P. The molecule has 2 atom stereocenters. The molecule has 0 radical (unpaired) electrons. The number of carbonyl (C=O) groups excluding carboxylic acids is 1. The van der Waals surface area contributed by atoms with Crippen LogP contribution < -0.4 is 0 Å². The topological polar surface area (TPSA) is 87.1 Å². The van der Waals surface area contributed by atoms with Crippen LogP contribution >= 0.6 is 8.25 Å². The van der Waals surface area contributed by atoms with E-state index in [2.05, 4.69) is 4.52 Å². The molecule has 1 heterocycles. The maximum Gasteiger partial charge on any atom is 0.317 e. The molecule has 1 saturated heterocycles. The molecule has 0 bridgehead atoms. The number of hydroxylamine groups is 2. The summed E-state index contributed by atoms with van der Waals surface area (Å²) in [4.78, 5) is 19.4. The van der Waals surface area contributed by atoms with E-state index in [1.807, 2.05) is 0 Å². The Kier molecular flexibility index (Phi) is 3.22. The van der Waals surface area contributed by atoms with Crippen LogP contribution in [0.25, 0.3) is 0 Å². The van der Waals surface area contributed by atoms with Crippen LogP contribution in [0, 0.1) is 0 Å². The van der Waals surface area contributed by atoms with Gasteiger partial charge < -0.3 is 4.89 Å². The molecule has 2 unspecified atom stereocenters. The fourth-order valence-electron chi connectivity index (χ4n) is 1.06. The van der Waals surface area contributed by atoms with Crippen LogP contribution in [0.1, 0.15) is 12.8 Å². The Morgan fingerprint density at radius 2 is 2.33 bits per heavy atom. The average molecular weight is 195 g/mol. The Balaban J connectivity index is 2.52. The number of amides is 1. The lowest BCUT2D eigenvalue weighted by Gasteiger charge is -2.26. The van der Waals surface area contributed by atoms with E-state index in [0.29, 0.717) is 17.9 Å². The number of carbonyl (C=O) groups is 1. The Hall–Kier alpha value is -0.420. The monoisotopic (exact) mass is 195 g/mol. The van der Waals surface area contributed by atoms with E-state index in [-0.39, 0.29) is 6.54 Å². The fourth-order valence-corrected chi connectivity index (χ4v) is 1.52. The summed E-state index contributed by atoms with van der Waals surface area (Å²) < 4.78 is 14.7. The molecular weight excluding hydrogens is 185 g/mol. The molecule has 6 nitrogen and oxygen atoms in total. The third-order valence-corrected chi connectivity index (χ3v) is 2.10. The van der Waals surface area contributed by atoms with Gasteiger partial charge in [-0.15, -0.1) is 0 Å². The first-order chi connectivity index (χ1) is 5.61. The summed E-state index contributed by atoms with van der Waals surface area (Å²) in [6.07, 6.45) is -0.00492. The number of hydrogen-bond donors (Lipinski definition) is 2. The van der Waals surface area contributed by atoms with Gasteiger partial charge in [-0.25, -0.2) is 5.06 Å². The summed E-state index contributed by atoms with van der Waals surface area (Å²) >= 11 is 0. The summed E-state index contributed by atoms with van der Waals surface area (Å²) in [5.41, 5.74) is 0. The van der Waals surface area contributed by atoms with E-state index in [1.54, 1.807) is 0 Å². The first-order valence-electron chi connectivity index (χ1n) is 3.51. The summed E-state index contributed by atoms with van der Waals surface area (Å²) in [7, 11) is -3.10. The molecule has 0 spiro atoms. The SMILES string of the molecule is O=C1C(O[PH](=O)O)CCCN1O. The predicted octanol–water partition coefficient (Wildman–Crippen LogP) is -0.235. The van der Waals surface area contributed by atoms with E-state index >= 15 is 0 Å². The molecule has 1 fully saturated rings. The highest BCUT2D eigenvalue weighted by Crippen LogP contribution is 2.24. The molecule has 0 saturated carbocycles. The molecule has 1 aliphatic rings.